The minimum absolute atomic E-state index is 0.0708. The molecule has 3 aliphatic rings. The number of fused-ring (bicyclic) bond motifs is 3. The number of rotatable bonds is 6. The van der Waals surface area contributed by atoms with Crippen molar-refractivity contribution in [2.45, 2.75) is 82.4 Å². The molecule has 2 aliphatic heterocycles. The largest absolute Gasteiger partial charge is 0.396 e. The summed E-state index contributed by atoms with van der Waals surface area (Å²) in [6.45, 7) is 2.28. The minimum atomic E-state index is -0.475. The van der Waals surface area contributed by atoms with Crippen molar-refractivity contribution in [3.05, 3.63) is 0 Å². The molecule has 0 aromatic heterocycles. The summed E-state index contributed by atoms with van der Waals surface area (Å²) < 4.78 is 11.7. The van der Waals surface area contributed by atoms with E-state index in [0.717, 1.165) is 12.8 Å². The van der Waals surface area contributed by atoms with Crippen LogP contribution in [-0.4, -0.2) is 47.3 Å². The Kier molecular flexibility index (Phi) is 3.87. The molecular formula is C15H26O4. The Labute approximate surface area is 115 Å². The second kappa shape index (κ2) is 5.32. The fraction of sp³-hybridized carbons (Fsp3) is 1.00. The summed E-state index contributed by atoms with van der Waals surface area (Å²) in [5.74, 6) is 0. The number of aliphatic hydroxyl groups excluding tert-OH is 2. The van der Waals surface area contributed by atoms with E-state index >= 15 is 0 Å². The van der Waals surface area contributed by atoms with Gasteiger partial charge in [0.2, 0.25) is 0 Å². The maximum atomic E-state index is 10.2. The average Bonchev–Trinajstić information content (AvgIpc) is 3.07. The molecule has 4 heteroatoms. The molecule has 0 amide bonds. The van der Waals surface area contributed by atoms with E-state index in [-0.39, 0.29) is 36.4 Å². The number of hydrogen-bond donors (Lipinski definition) is 2. The van der Waals surface area contributed by atoms with E-state index in [0.29, 0.717) is 6.42 Å². The Morgan fingerprint density at radius 1 is 1.16 bits per heavy atom. The fourth-order valence-electron chi connectivity index (χ4n) is 4.09. The van der Waals surface area contributed by atoms with Crippen molar-refractivity contribution < 1.29 is 19.7 Å². The third kappa shape index (κ3) is 2.33. The van der Waals surface area contributed by atoms with E-state index in [2.05, 4.69) is 6.92 Å². The van der Waals surface area contributed by atoms with E-state index in [1.807, 2.05) is 0 Å². The smallest absolute Gasteiger partial charge is 0.0947 e. The van der Waals surface area contributed by atoms with E-state index < -0.39 is 6.10 Å². The van der Waals surface area contributed by atoms with Gasteiger partial charge in [0.1, 0.15) is 0 Å². The van der Waals surface area contributed by atoms with Crippen LogP contribution in [0, 0.1) is 5.41 Å². The highest BCUT2D eigenvalue weighted by molar-refractivity contribution is 5.14. The number of ether oxygens (including phenoxy) is 2. The summed E-state index contributed by atoms with van der Waals surface area (Å²) in [6, 6.07) is 0. The van der Waals surface area contributed by atoms with E-state index in [1.54, 1.807) is 0 Å². The third-order valence-corrected chi connectivity index (χ3v) is 5.16. The van der Waals surface area contributed by atoms with Crippen LogP contribution in [0.25, 0.3) is 0 Å². The predicted molar refractivity (Wildman–Crippen MR) is 70.8 cm³/mol. The number of epoxide rings is 1. The van der Waals surface area contributed by atoms with Crippen molar-refractivity contribution in [2.24, 2.45) is 5.41 Å². The van der Waals surface area contributed by atoms with Gasteiger partial charge in [0.05, 0.1) is 42.5 Å². The van der Waals surface area contributed by atoms with Crippen LogP contribution in [0.4, 0.5) is 0 Å². The molecule has 1 aliphatic carbocycles. The lowest BCUT2D eigenvalue weighted by atomic mass is 9.69. The van der Waals surface area contributed by atoms with Crippen LogP contribution in [0.15, 0.2) is 0 Å². The Morgan fingerprint density at radius 2 is 2.00 bits per heavy atom. The SMILES string of the molecule is CCCCCC[C@H]1C[C@@]2(CO)[C@@H](O1)[C@H](O)C[C@@H]1O[C@@H]12. The summed E-state index contributed by atoms with van der Waals surface area (Å²) in [7, 11) is 0. The number of unbranched alkanes of at least 4 members (excludes halogenated alkanes) is 3. The first-order chi connectivity index (χ1) is 9.21. The van der Waals surface area contributed by atoms with Crippen LogP contribution in [-0.2, 0) is 9.47 Å². The van der Waals surface area contributed by atoms with Crippen LogP contribution >= 0.6 is 0 Å². The van der Waals surface area contributed by atoms with Gasteiger partial charge in [0, 0.05) is 6.42 Å². The Morgan fingerprint density at radius 3 is 2.74 bits per heavy atom. The van der Waals surface area contributed by atoms with Crippen LogP contribution in [0.3, 0.4) is 0 Å². The normalized spacial score (nSPS) is 47.8. The van der Waals surface area contributed by atoms with E-state index in [9.17, 15) is 10.2 Å². The fourth-order valence-corrected chi connectivity index (χ4v) is 4.09. The summed E-state index contributed by atoms with van der Waals surface area (Å²) in [6.07, 6.45) is 7.26. The lowest BCUT2D eigenvalue weighted by Crippen LogP contribution is -2.50. The molecule has 110 valence electrons. The van der Waals surface area contributed by atoms with Gasteiger partial charge in [-0.3, -0.25) is 0 Å². The molecule has 3 fully saturated rings. The highest BCUT2D eigenvalue weighted by atomic mass is 16.6. The molecule has 2 N–H and O–H groups in total. The van der Waals surface area contributed by atoms with Crippen molar-refractivity contribution in [1.29, 1.82) is 0 Å². The zero-order chi connectivity index (χ0) is 13.5. The molecule has 1 saturated carbocycles. The first kappa shape index (κ1) is 13.8. The summed E-state index contributed by atoms with van der Waals surface area (Å²) >= 11 is 0. The van der Waals surface area contributed by atoms with E-state index in [1.165, 1.54) is 25.7 Å². The Bertz CT molecular complexity index is 321. The van der Waals surface area contributed by atoms with Gasteiger partial charge < -0.3 is 19.7 Å². The average molecular weight is 270 g/mol. The molecular weight excluding hydrogens is 244 g/mol. The summed E-state index contributed by atoms with van der Waals surface area (Å²) in [4.78, 5) is 0. The van der Waals surface area contributed by atoms with Gasteiger partial charge in [-0.1, -0.05) is 32.6 Å². The molecule has 0 aromatic rings. The van der Waals surface area contributed by atoms with E-state index in [4.69, 9.17) is 9.47 Å². The Balaban J connectivity index is 1.60. The molecule has 0 bridgehead atoms. The number of hydrogen-bond acceptors (Lipinski definition) is 4. The van der Waals surface area contributed by atoms with Gasteiger partial charge in [0.25, 0.3) is 0 Å². The van der Waals surface area contributed by atoms with Gasteiger partial charge in [-0.15, -0.1) is 0 Å². The standard InChI is InChI=1S/C15H26O4/c1-2-3-4-5-6-10-8-15(9-16)13(18-10)11(17)7-12-14(15)19-12/h10-14,16-17H,2-9H2,1H3/t10-,11+,12-,13-,14-,15+/m0/s1. The van der Waals surface area contributed by atoms with Gasteiger partial charge in [-0.05, 0) is 12.8 Å². The number of aliphatic hydroxyl groups is 2. The maximum Gasteiger partial charge on any atom is 0.0947 e. The van der Waals surface area contributed by atoms with Crippen LogP contribution in [0.2, 0.25) is 0 Å². The zero-order valence-electron chi connectivity index (χ0n) is 11.8. The van der Waals surface area contributed by atoms with Crippen molar-refractivity contribution in [1.82, 2.24) is 0 Å². The molecule has 0 radical (unpaired) electrons. The molecule has 0 unspecified atom stereocenters. The van der Waals surface area contributed by atoms with Crippen molar-refractivity contribution >= 4 is 0 Å². The molecule has 2 heterocycles. The van der Waals surface area contributed by atoms with Crippen LogP contribution in [0.1, 0.15) is 51.9 Å². The predicted octanol–water partition coefficient (Wildman–Crippen LogP) is 1.62. The van der Waals surface area contributed by atoms with Crippen LogP contribution in [0.5, 0.6) is 0 Å². The van der Waals surface area contributed by atoms with Crippen molar-refractivity contribution in [3.63, 3.8) is 0 Å². The highest BCUT2D eigenvalue weighted by Gasteiger charge is 2.67. The maximum absolute atomic E-state index is 10.2. The lowest BCUT2D eigenvalue weighted by Gasteiger charge is -2.36. The van der Waals surface area contributed by atoms with Gasteiger partial charge in [-0.2, -0.15) is 0 Å². The third-order valence-electron chi connectivity index (χ3n) is 5.16. The molecule has 4 nitrogen and oxygen atoms in total. The second-order valence-electron chi connectivity index (χ2n) is 6.52. The van der Waals surface area contributed by atoms with Crippen LogP contribution < -0.4 is 0 Å². The quantitative estimate of drug-likeness (QED) is 0.569. The van der Waals surface area contributed by atoms with Crippen molar-refractivity contribution in [2.75, 3.05) is 6.61 Å². The zero-order valence-corrected chi connectivity index (χ0v) is 11.8. The van der Waals surface area contributed by atoms with Crippen molar-refractivity contribution in [3.8, 4) is 0 Å². The first-order valence-corrected chi connectivity index (χ1v) is 7.81. The van der Waals surface area contributed by atoms with Gasteiger partial charge in [0.15, 0.2) is 0 Å². The van der Waals surface area contributed by atoms with Gasteiger partial charge in [-0.25, -0.2) is 0 Å². The molecule has 0 aromatic carbocycles. The minimum Gasteiger partial charge on any atom is -0.396 e. The highest BCUT2D eigenvalue weighted by Crippen LogP contribution is 2.56. The molecule has 0 spiro atoms. The molecule has 2 saturated heterocycles. The molecule has 3 rings (SSSR count). The second-order valence-corrected chi connectivity index (χ2v) is 6.52. The topological polar surface area (TPSA) is 62.2 Å². The lowest BCUT2D eigenvalue weighted by molar-refractivity contribution is -0.0970. The van der Waals surface area contributed by atoms with Gasteiger partial charge >= 0.3 is 0 Å². The molecule has 6 atom stereocenters. The summed E-state index contributed by atoms with van der Waals surface area (Å²) in [5.41, 5.74) is -0.336. The first-order valence-electron chi connectivity index (χ1n) is 7.81. The summed E-state index contributed by atoms with van der Waals surface area (Å²) in [5, 5.41) is 20.0. The monoisotopic (exact) mass is 270 g/mol. The Hall–Kier alpha value is -0.160. The molecule has 19 heavy (non-hydrogen) atoms.